The van der Waals surface area contributed by atoms with Crippen molar-refractivity contribution in [1.82, 2.24) is 14.8 Å². The molecule has 164 valence electrons. The molecule has 1 saturated heterocycles. The fraction of sp³-hybridized carbons (Fsp3) is 0.381. The number of aromatic nitrogens is 3. The summed E-state index contributed by atoms with van der Waals surface area (Å²) in [6.07, 6.45) is 3.20. The fourth-order valence-corrected chi connectivity index (χ4v) is 5.27. The van der Waals surface area contributed by atoms with Crippen LogP contribution in [0.15, 0.2) is 34.8 Å². The van der Waals surface area contributed by atoms with E-state index in [0.29, 0.717) is 27.4 Å². The highest BCUT2D eigenvalue weighted by molar-refractivity contribution is 7.99. The van der Waals surface area contributed by atoms with Crippen LogP contribution in [0.4, 0.5) is 5.69 Å². The molecule has 1 aromatic carbocycles. The summed E-state index contributed by atoms with van der Waals surface area (Å²) in [5, 5.41) is 15.2. The van der Waals surface area contributed by atoms with Gasteiger partial charge in [0, 0.05) is 22.4 Å². The molecule has 6 nitrogen and oxygen atoms in total. The summed E-state index contributed by atoms with van der Waals surface area (Å²) in [6.45, 7) is 3.59. The number of thioether (sulfide) groups is 1. The summed E-state index contributed by atoms with van der Waals surface area (Å²) in [5.41, 5.74) is 1.54. The number of anilines is 1. The van der Waals surface area contributed by atoms with Crippen LogP contribution in [0.5, 0.6) is 0 Å². The van der Waals surface area contributed by atoms with Crippen molar-refractivity contribution in [2.45, 2.75) is 44.0 Å². The maximum atomic E-state index is 12.5. The molecule has 2 aromatic heterocycles. The van der Waals surface area contributed by atoms with Crippen molar-refractivity contribution in [1.29, 1.82) is 0 Å². The zero-order valence-electron chi connectivity index (χ0n) is 16.9. The van der Waals surface area contributed by atoms with Crippen molar-refractivity contribution in [3.63, 3.8) is 0 Å². The molecule has 1 N–H and O–H groups in total. The largest absolute Gasteiger partial charge is 0.376 e. The molecule has 0 bridgehead atoms. The van der Waals surface area contributed by atoms with Crippen molar-refractivity contribution in [3.8, 4) is 11.4 Å². The van der Waals surface area contributed by atoms with Crippen LogP contribution in [0.3, 0.4) is 0 Å². The Morgan fingerprint density at radius 2 is 2.26 bits per heavy atom. The summed E-state index contributed by atoms with van der Waals surface area (Å²) in [7, 11) is 0. The van der Waals surface area contributed by atoms with Gasteiger partial charge >= 0.3 is 0 Å². The van der Waals surface area contributed by atoms with Gasteiger partial charge in [-0.15, -0.1) is 21.5 Å². The number of aryl methyl sites for hydroxylation is 1. The second-order valence-corrected chi connectivity index (χ2v) is 9.87. The van der Waals surface area contributed by atoms with Crippen LogP contribution in [-0.2, 0) is 22.5 Å². The monoisotopic (exact) mass is 496 g/mol. The number of carbonyl (C=O) groups excluding carboxylic acids is 1. The van der Waals surface area contributed by atoms with Gasteiger partial charge in [0.2, 0.25) is 5.91 Å². The van der Waals surface area contributed by atoms with E-state index in [-0.39, 0.29) is 17.8 Å². The highest BCUT2D eigenvalue weighted by atomic mass is 35.5. The quantitative estimate of drug-likeness (QED) is 0.399. The van der Waals surface area contributed by atoms with Gasteiger partial charge in [0.05, 0.1) is 34.1 Å². The Balaban J connectivity index is 1.50. The molecule has 3 heterocycles. The van der Waals surface area contributed by atoms with Crippen molar-refractivity contribution in [2.24, 2.45) is 0 Å². The second-order valence-electron chi connectivity index (χ2n) is 7.15. The van der Waals surface area contributed by atoms with Gasteiger partial charge in [0.15, 0.2) is 11.0 Å². The number of nitrogens with one attached hydrogen (secondary N) is 1. The Labute approximate surface area is 199 Å². The molecule has 0 saturated carbocycles. The fourth-order valence-electron chi connectivity index (χ4n) is 3.37. The smallest absolute Gasteiger partial charge is 0.234 e. The Kier molecular flexibility index (Phi) is 7.55. The number of amides is 1. The Morgan fingerprint density at radius 1 is 1.39 bits per heavy atom. The van der Waals surface area contributed by atoms with Crippen LogP contribution in [0.25, 0.3) is 11.4 Å². The lowest BCUT2D eigenvalue weighted by atomic mass is 10.2. The number of carbonyl (C=O) groups is 1. The van der Waals surface area contributed by atoms with Crippen molar-refractivity contribution < 1.29 is 9.53 Å². The molecule has 1 unspecified atom stereocenters. The van der Waals surface area contributed by atoms with E-state index in [1.165, 1.54) is 16.6 Å². The van der Waals surface area contributed by atoms with Crippen LogP contribution in [0, 0.1) is 0 Å². The SMILES string of the molecule is CCc1cc(-c2nnc(SCC(=O)Nc3cccc(Cl)c3Cl)n2CC2CCCO2)cs1. The summed E-state index contributed by atoms with van der Waals surface area (Å²) in [6, 6.07) is 7.30. The summed E-state index contributed by atoms with van der Waals surface area (Å²) in [4.78, 5) is 13.8. The van der Waals surface area contributed by atoms with E-state index in [2.05, 4.69) is 38.5 Å². The summed E-state index contributed by atoms with van der Waals surface area (Å²) >= 11 is 15.3. The minimum atomic E-state index is -0.189. The molecular weight excluding hydrogens is 475 g/mol. The van der Waals surface area contributed by atoms with Gasteiger partial charge in [-0.2, -0.15) is 0 Å². The molecule has 0 radical (unpaired) electrons. The number of hydrogen-bond donors (Lipinski definition) is 1. The second kappa shape index (κ2) is 10.4. The van der Waals surface area contributed by atoms with Crippen molar-refractivity contribution in [2.75, 3.05) is 17.7 Å². The number of hydrogen-bond acceptors (Lipinski definition) is 6. The molecule has 1 aliphatic rings. The maximum absolute atomic E-state index is 12.5. The molecule has 0 spiro atoms. The maximum Gasteiger partial charge on any atom is 0.234 e. The van der Waals surface area contributed by atoms with E-state index < -0.39 is 0 Å². The standard InChI is InChI=1S/C21H22Cl2N4O2S2/c1-2-15-9-13(11-30-15)20-25-26-21(27(20)10-14-5-4-8-29-14)31-12-18(28)24-17-7-3-6-16(22)19(17)23/h3,6-7,9,11,14H,2,4-5,8,10,12H2,1H3,(H,24,28). The van der Waals surface area contributed by atoms with Crippen LogP contribution in [-0.4, -0.2) is 39.1 Å². The Morgan fingerprint density at radius 3 is 3.00 bits per heavy atom. The molecule has 1 amide bonds. The van der Waals surface area contributed by atoms with E-state index >= 15 is 0 Å². The first-order chi connectivity index (χ1) is 15.0. The van der Waals surface area contributed by atoms with Crippen molar-refractivity contribution in [3.05, 3.63) is 44.6 Å². The first-order valence-electron chi connectivity index (χ1n) is 10.0. The molecule has 3 aromatic rings. The molecule has 10 heteroatoms. The van der Waals surface area contributed by atoms with Gasteiger partial charge in [0.1, 0.15) is 0 Å². The van der Waals surface area contributed by atoms with Crippen molar-refractivity contribution >= 4 is 57.9 Å². The number of rotatable bonds is 8. The van der Waals surface area contributed by atoms with Crippen LogP contribution < -0.4 is 5.32 Å². The number of halogens is 2. The van der Waals surface area contributed by atoms with Gasteiger partial charge in [-0.05, 0) is 37.5 Å². The highest BCUT2D eigenvalue weighted by Gasteiger charge is 2.23. The summed E-state index contributed by atoms with van der Waals surface area (Å²) < 4.78 is 7.91. The van der Waals surface area contributed by atoms with Crippen LogP contribution in [0.1, 0.15) is 24.6 Å². The first-order valence-corrected chi connectivity index (χ1v) is 12.7. The number of nitrogens with zero attached hydrogens (tertiary/aromatic N) is 3. The number of ether oxygens (including phenoxy) is 1. The molecule has 31 heavy (non-hydrogen) atoms. The van der Waals surface area contributed by atoms with E-state index in [9.17, 15) is 4.79 Å². The number of thiophene rings is 1. The molecular formula is C21H22Cl2N4O2S2. The molecule has 0 aliphatic carbocycles. The topological polar surface area (TPSA) is 69.0 Å². The lowest BCUT2D eigenvalue weighted by Gasteiger charge is -2.14. The highest BCUT2D eigenvalue weighted by Crippen LogP contribution is 2.31. The van der Waals surface area contributed by atoms with Crippen LogP contribution >= 0.6 is 46.3 Å². The third kappa shape index (κ3) is 5.43. The third-order valence-corrected chi connectivity index (χ3v) is 7.81. The molecule has 4 rings (SSSR count). The van der Waals surface area contributed by atoms with Crippen LogP contribution in [0.2, 0.25) is 10.0 Å². The number of benzene rings is 1. The van der Waals surface area contributed by atoms with Gasteiger partial charge < -0.3 is 10.1 Å². The third-order valence-electron chi connectivity index (χ3n) is 4.95. The molecule has 1 fully saturated rings. The zero-order chi connectivity index (χ0) is 21.8. The predicted molar refractivity (Wildman–Crippen MR) is 128 cm³/mol. The van der Waals surface area contributed by atoms with E-state index in [1.807, 2.05) is 0 Å². The summed E-state index contributed by atoms with van der Waals surface area (Å²) in [5.74, 6) is 0.800. The van der Waals surface area contributed by atoms with E-state index in [1.54, 1.807) is 29.5 Å². The first kappa shape index (κ1) is 22.6. The van der Waals surface area contributed by atoms with Gasteiger partial charge in [-0.3, -0.25) is 9.36 Å². The van der Waals surface area contributed by atoms with E-state index in [4.69, 9.17) is 27.9 Å². The average molecular weight is 497 g/mol. The minimum Gasteiger partial charge on any atom is -0.376 e. The lowest BCUT2D eigenvalue weighted by molar-refractivity contribution is -0.113. The average Bonchev–Trinajstić information content (AvgIpc) is 3.51. The van der Waals surface area contributed by atoms with Gasteiger partial charge in [-0.1, -0.05) is 48.0 Å². The normalized spacial score (nSPS) is 16.0. The van der Waals surface area contributed by atoms with E-state index in [0.717, 1.165) is 37.3 Å². The molecule has 1 aliphatic heterocycles. The van der Waals surface area contributed by atoms with Gasteiger partial charge in [-0.25, -0.2) is 0 Å². The Hall–Kier alpha value is -1.58. The lowest BCUT2D eigenvalue weighted by Crippen LogP contribution is -2.18. The molecule has 1 atom stereocenters. The zero-order valence-corrected chi connectivity index (χ0v) is 20.1. The predicted octanol–water partition coefficient (Wildman–Crippen LogP) is 5.79. The Bertz CT molecular complexity index is 1060. The minimum absolute atomic E-state index is 0.137. The van der Waals surface area contributed by atoms with Gasteiger partial charge in [0.25, 0.3) is 0 Å².